The van der Waals surface area contributed by atoms with Crippen molar-refractivity contribution in [2.75, 3.05) is 6.61 Å². The molecule has 3 aromatic rings. The van der Waals surface area contributed by atoms with Crippen LogP contribution in [0.1, 0.15) is 28.4 Å². The number of carbonyl (C=O) groups excluding carboxylic acids is 1. The highest BCUT2D eigenvalue weighted by atomic mass is 16.5. The molecule has 0 atom stereocenters. The fourth-order valence-electron chi connectivity index (χ4n) is 2.42. The van der Waals surface area contributed by atoms with E-state index in [2.05, 4.69) is 4.98 Å². The number of nitriles is 2. The summed E-state index contributed by atoms with van der Waals surface area (Å²) in [7, 11) is 0. The average molecular weight is 385 g/mol. The molecule has 142 valence electrons. The normalized spacial score (nSPS) is 9.76. The van der Waals surface area contributed by atoms with E-state index >= 15 is 0 Å². The van der Waals surface area contributed by atoms with Gasteiger partial charge in [-0.25, -0.2) is 4.79 Å². The minimum atomic E-state index is -0.554. The number of esters is 1. The maximum Gasteiger partial charge on any atom is 0.338 e. The van der Waals surface area contributed by atoms with E-state index in [0.717, 1.165) is 0 Å². The first kappa shape index (κ1) is 19.4. The summed E-state index contributed by atoms with van der Waals surface area (Å²) in [6, 6.07) is 20.0. The van der Waals surface area contributed by atoms with Gasteiger partial charge in [0.15, 0.2) is 0 Å². The van der Waals surface area contributed by atoms with Gasteiger partial charge in [-0.15, -0.1) is 0 Å². The molecule has 0 bridgehead atoms. The lowest BCUT2D eigenvalue weighted by atomic mass is 10.2. The van der Waals surface area contributed by atoms with Gasteiger partial charge in [0.25, 0.3) is 0 Å². The van der Waals surface area contributed by atoms with E-state index in [0.29, 0.717) is 22.6 Å². The van der Waals surface area contributed by atoms with E-state index in [1.54, 1.807) is 55.5 Å². The molecule has 0 saturated carbocycles. The lowest BCUT2D eigenvalue weighted by molar-refractivity contribution is 0.0525. The van der Waals surface area contributed by atoms with E-state index in [4.69, 9.17) is 24.7 Å². The summed E-state index contributed by atoms with van der Waals surface area (Å²) in [6.07, 6.45) is 0. The summed E-state index contributed by atoms with van der Waals surface area (Å²) in [5.41, 5.74) is 1.04. The lowest BCUT2D eigenvalue weighted by Crippen LogP contribution is -2.06. The number of carbonyl (C=O) groups is 1. The fourth-order valence-corrected chi connectivity index (χ4v) is 2.42. The topological polar surface area (TPSA) is 105 Å². The van der Waals surface area contributed by atoms with Gasteiger partial charge < -0.3 is 14.2 Å². The first-order chi connectivity index (χ1) is 14.1. The molecule has 0 N–H and O–H groups in total. The van der Waals surface area contributed by atoms with Crippen LogP contribution >= 0.6 is 0 Å². The van der Waals surface area contributed by atoms with Crippen molar-refractivity contribution >= 4 is 5.97 Å². The summed E-state index contributed by atoms with van der Waals surface area (Å²) in [6.45, 7) is 1.91. The maximum atomic E-state index is 12.2. The van der Waals surface area contributed by atoms with E-state index in [9.17, 15) is 4.79 Å². The highest BCUT2D eigenvalue weighted by molar-refractivity contribution is 5.90. The number of hydrogen-bond donors (Lipinski definition) is 0. The third kappa shape index (κ3) is 5.09. The predicted molar refractivity (Wildman–Crippen MR) is 103 cm³/mol. The molecular weight excluding hydrogens is 370 g/mol. The highest BCUT2D eigenvalue weighted by Gasteiger charge is 2.14. The number of ether oxygens (including phenoxy) is 3. The Kier molecular flexibility index (Phi) is 6.04. The smallest absolute Gasteiger partial charge is 0.338 e. The zero-order chi connectivity index (χ0) is 20.6. The van der Waals surface area contributed by atoms with Crippen LogP contribution in [0.25, 0.3) is 0 Å². The van der Waals surface area contributed by atoms with Crippen molar-refractivity contribution in [3.05, 3.63) is 77.4 Å². The van der Waals surface area contributed by atoms with Crippen LogP contribution in [0.5, 0.6) is 23.3 Å². The number of rotatable bonds is 6. The molecule has 1 aromatic heterocycles. The number of hydrogen-bond acceptors (Lipinski definition) is 7. The Bertz CT molecular complexity index is 1050. The quantitative estimate of drug-likeness (QED) is 0.572. The van der Waals surface area contributed by atoms with Crippen molar-refractivity contribution in [1.82, 2.24) is 4.98 Å². The molecule has 0 radical (unpaired) electrons. The molecular formula is C22H15N3O4. The molecule has 0 spiro atoms. The standard InChI is InChI=1S/C22H15N3O4/c1-2-27-22(26)17-11-20(28-18-7-3-5-15(9-18)13-23)25-21(12-17)29-19-8-4-6-16(10-19)14-24/h3-12H,2H2,1H3. The summed E-state index contributed by atoms with van der Waals surface area (Å²) < 4.78 is 16.5. The summed E-state index contributed by atoms with van der Waals surface area (Å²) in [5, 5.41) is 18.1. The fraction of sp³-hybridized carbons (Fsp3) is 0.0909. The van der Waals surface area contributed by atoms with Crippen LogP contribution in [0.15, 0.2) is 60.7 Å². The van der Waals surface area contributed by atoms with Crippen LogP contribution in [0, 0.1) is 22.7 Å². The molecule has 0 aliphatic carbocycles. The zero-order valence-corrected chi connectivity index (χ0v) is 15.5. The van der Waals surface area contributed by atoms with Crippen LogP contribution in [-0.4, -0.2) is 17.6 Å². The lowest BCUT2D eigenvalue weighted by Gasteiger charge is -2.11. The SMILES string of the molecule is CCOC(=O)c1cc(Oc2cccc(C#N)c2)nc(Oc2cccc(C#N)c2)c1. The Morgan fingerprint density at radius 1 is 0.897 bits per heavy atom. The Morgan fingerprint density at radius 2 is 1.41 bits per heavy atom. The number of nitrogens with zero attached hydrogens (tertiary/aromatic N) is 3. The minimum absolute atomic E-state index is 0.0945. The van der Waals surface area contributed by atoms with Crippen molar-refractivity contribution in [2.24, 2.45) is 0 Å². The van der Waals surface area contributed by atoms with Crippen LogP contribution in [0.4, 0.5) is 0 Å². The second kappa shape index (κ2) is 9.03. The van der Waals surface area contributed by atoms with Gasteiger partial charge in [-0.05, 0) is 43.3 Å². The Balaban J connectivity index is 1.95. The molecule has 3 rings (SSSR count). The molecule has 0 fully saturated rings. The van der Waals surface area contributed by atoms with Gasteiger partial charge in [-0.3, -0.25) is 0 Å². The van der Waals surface area contributed by atoms with Gasteiger partial charge in [-0.2, -0.15) is 15.5 Å². The monoisotopic (exact) mass is 385 g/mol. The van der Waals surface area contributed by atoms with Crippen LogP contribution in [0.3, 0.4) is 0 Å². The molecule has 0 saturated heterocycles. The predicted octanol–water partition coefficient (Wildman–Crippen LogP) is 4.59. The van der Waals surface area contributed by atoms with Gasteiger partial charge in [-0.1, -0.05) is 12.1 Å². The second-order valence-electron chi connectivity index (χ2n) is 5.74. The molecule has 1 heterocycles. The molecule has 0 aliphatic rings. The number of benzene rings is 2. The molecule has 7 nitrogen and oxygen atoms in total. The number of pyridine rings is 1. The van der Waals surface area contributed by atoms with E-state index in [1.807, 2.05) is 12.1 Å². The summed E-state index contributed by atoms with van der Waals surface area (Å²) in [5.74, 6) is 0.403. The Labute approximate surface area is 167 Å². The van der Waals surface area contributed by atoms with Crippen molar-refractivity contribution in [1.29, 1.82) is 10.5 Å². The minimum Gasteiger partial charge on any atom is -0.462 e. The van der Waals surface area contributed by atoms with Gasteiger partial charge >= 0.3 is 5.97 Å². The van der Waals surface area contributed by atoms with E-state index in [-0.39, 0.29) is 23.9 Å². The average Bonchev–Trinajstić information content (AvgIpc) is 2.74. The van der Waals surface area contributed by atoms with Crippen LogP contribution in [-0.2, 0) is 4.74 Å². The first-order valence-electron chi connectivity index (χ1n) is 8.66. The Morgan fingerprint density at radius 3 is 1.86 bits per heavy atom. The second-order valence-corrected chi connectivity index (χ2v) is 5.74. The van der Waals surface area contributed by atoms with E-state index < -0.39 is 5.97 Å². The first-order valence-corrected chi connectivity index (χ1v) is 8.66. The van der Waals surface area contributed by atoms with Crippen molar-refractivity contribution in [2.45, 2.75) is 6.92 Å². The molecule has 7 heteroatoms. The maximum absolute atomic E-state index is 12.2. The van der Waals surface area contributed by atoms with Gasteiger partial charge in [0.05, 0.1) is 35.4 Å². The van der Waals surface area contributed by atoms with E-state index in [1.165, 1.54) is 12.1 Å². The highest BCUT2D eigenvalue weighted by Crippen LogP contribution is 2.28. The van der Waals surface area contributed by atoms with Crippen LogP contribution in [0.2, 0.25) is 0 Å². The molecule has 0 aliphatic heterocycles. The third-order valence-electron chi connectivity index (χ3n) is 3.66. The van der Waals surface area contributed by atoms with Crippen molar-refractivity contribution in [3.63, 3.8) is 0 Å². The van der Waals surface area contributed by atoms with Gasteiger partial charge in [0, 0.05) is 12.1 Å². The van der Waals surface area contributed by atoms with Crippen molar-refractivity contribution in [3.8, 4) is 35.4 Å². The van der Waals surface area contributed by atoms with Gasteiger partial charge in [0.1, 0.15) is 11.5 Å². The summed E-state index contributed by atoms with van der Waals surface area (Å²) in [4.78, 5) is 16.5. The number of aromatic nitrogens is 1. The molecule has 0 amide bonds. The van der Waals surface area contributed by atoms with Crippen LogP contribution < -0.4 is 9.47 Å². The molecule has 0 unspecified atom stereocenters. The molecule has 2 aromatic carbocycles. The largest absolute Gasteiger partial charge is 0.462 e. The molecule has 29 heavy (non-hydrogen) atoms. The zero-order valence-electron chi connectivity index (χ0n) is 15.5. The summed E-state index contributed by atoms with van der Waals surface area (Å²) >= 11 is 0. The van der Waals surface area contributed by atoms with Gasteiger partial charge in [0.2, 0.25) is 11.8 Å². The Hall–Kier alpha value is -4.36. The van der Waals surface area contributed by atoms with Crippen molar-refractivity contribution < 1.29 is 19.0 Å². The third-order valence-corrected chi connectivity index (χ3v) is 3.66.